The fraction of sp³-hybridized carbons (Fsp3) is 0.364. The molecule has 0 aliphatic heterocycles. The van der Waals surface area contributed by atoms with Crippen LogP contribution in [0.25, 0.3) is 0 Å². The van der Waals surface area contributed by atoms with Crippen LogP contribution in [-0.2, 0) is 4.79 Å². The summed E-state index contributed by atoms with van der Waals surface area (Å²) in [6.07, 6.45) is 2.55. The van der Waals surface area contributed by atoms with Gasteiger partial charge < -0.3 is 11.1 Å². The first kappa shape index (κ1) is 15.9. The van der Waals surface area contributed by atoms with Crippen molar-refractivity contribution < 1.29 is 4.79 Å². The molecule has 0 aromatic heterocycles. The fourth-order valence-electron chi connectivity index (χ4n) is 1.25. The van der Waals surface area contributed by atoms with Gasteiger partial charge in [-0.1, -0.05) is 34.8 Å². The fourth-order valence-corrected chi connectivity index (χ4v) is 2.65. The average molecular weight is 328 g/mol. The molecule has 0 saturated heterocycles. The summed E-state index contributed by atoms with van der Waals surface area (Å²) in [6, 6.07) is 2.44. The second kappa shape index (κ2) is 7.46. The third-order valence-electron chi connectivity index (χ3n) is 2.22. The van der Waals surface area contributed by atoms with Crippen LogP contribution < -0.4 is 11.1 Å². The molecule has 0 saturated carbocycles. The number of benzene rings is 1. The number of rotatable bonds is 5. The lowest BCUT2D eigenvalue weighted by Gasteiger charge is -2.14. The Morgan fingerprint density at radius 1 is 1.39 bits per heavy atom. The maximum atomic E-state index is 11.8. The van der Waals surface area contributed by atoms with Crippen molar-refractivity contribution in [2.24, 2.45) is 5.73 Å². The van der Waals surface area contributed by atoms with E-state index in [4.69, 9.17) is 40.5 Å². The van der Waals surface area contributed by atoms with E-state index >= 15 is 0 Å². The van der Waals surface area contributed by atoms with E-state index in [2.05, 4.69) is 5.32 Å². The predicted molar refractivity (Wildman–Crippen MR) is 81.1 cm³/mol. The summed E-state index contributed by atoms with van der Waals surface area (Å²) >= 11 is 19.3. The topological polar surface area (TPSA) is 55.1 Å². The van der Waals surface area contributed by atoms with E-state index in [1.165, 1.54) is 12.1 Å². The highest BCUT2D eigenvalue weighted by atomic mass is 35.5. The molecule has 0 radical (unpaired) electrons. The zero-order valence-corrected chi connectivity index (χ0v) is 12.8. The van der Waals surface area contributed by atoms with Crippen LogP contribution in [0.1, 0.15) is 6.42 Å². The molecule has 0 aliphatic rings. The molecule has 100 valence electrons. The van der Waals surface area contributed by atoms with Gasteiger partial charge in [0.2, 0.25) is 5.91 Å². The molecule has 18 heavy (non-hydrogen) atoms. The summed E-state index contributed by atoms with van der Waals surface area (Å²) in [7, 11) is 0. The van der Waals surface area contributed by atoms with Crippen molar-refractivity contribution in [1.29, 1.82) is 0 Å². The minimum atomic E-state index is -0.583. The molecular formula is C11H13Cl3N2OS. The second-order valence-corrected chi connectivity index (χ2v) is 5.86. The van der Waals surface area contributed by atoms with Gasteiger partial charge in [-0.15, -0.1) is 0 Å². The van der Waals surface area contributed by atoms with Crippen molar-refractivity contribution in [3.8, 4) is 0 Å². The lowest BCUT2D eigenvalue weighted by Crippen LogP contribution is -2.36. The highest BCUT2D eigenvalue weighted by Gasteiger charge is 2.16. The van der Waals surface area contributed by atoms with Crippen LogP contribution in [-0.4, -0.2) is 24.0 Å². The van der Waals surface area contributed by atoms with E-state index in [0.717, 1.165) is 5.75 Å². The number of carbonyl (C=O) groups excluding carboxylic acids is 1. The van der Waals surface area contributed by atoms with Crippen LogP contribution in [0.3, 0.4) is 0 Å². The number of amides is 1. The largest absolute Gasteiger partial charge is 0.322 e. The Labute approximate surface area is 125 Å². The van der Waals surface area contributed by atoms with Crippen molar-refractivity contribution in [3.63, 3.8) is 0 Å². The van der Waals surface area contributed by atoms with Crippen molar-refractivity contribution >= 4 is 58.2 Å². The minimum Gasteiger partial charge on any atom is -0.322 e. The van der Waals surface area contributed by atoms with Gasteiger partial charge in [-0.05, 0) is 30.6 Å². The van der Waals surface area contributed by atoms with Gasteiger partial charge in [0.05, 0.1) is 21.8 Å². The Hall–Kier alpha value is -0.130. The number of halogens is 3. The SMILES string of the molecule is CSCC[C@@H](N)C(=O)Nc1c(Cl)cc(Cl)cc1Cl. The molecule has 0 fully saturated rings. The minimum absolute atomic E-state index is 0.290. The van der Waals surface area contributed by atoms with Gasteiger partial charge in [0.25, 0.3) is 0 Å². The van der Waals surface area contributed by atoms with Crippen LogP contribution in [0.15, 0.2) is 12.1 Å². The molecule has 0 aliphatic carbocycles. The van der Waals surface area contributed by atoms with Crippen molar-refractivity contribution in [3.05, 3.63) is 27.2 Å². The van der Waals surface area contributed by atoms with Crippen molar-refractivity contribution in [2.75, 3.05) is 17.3 Å². The van der Waals surface area contributed by atoms with Gasteiger partial charge in [-0.2, -0.15) is 11.8 Å². The molecule has 1 aromatic rings. The van der Waals surface area contributed by atoms with E-state index in [0.29, 0.717) is 17.1 Å². The van der Waals surface area contributed by atoms with Crippen LogP contribution >= 0.6 is 46.6 Å². The lowest BCUT2D eigenvalue weighted by molar-refractivity contribution is -0.117. The van der Waals surface area contributed by atoms with Gasteiger partial charge in [0, 0.05) is 5.02 Å². The average Bonchev–Trinajstić information content (AvgIpc) is 2.30. The van der Waals surface area contributed by atoms with Gasteiger partial charge in [0.15, 0.2) is 0 Å². The summed E-state index contributed by atoms with van der Waals surface area (Å²) in [5, 5.41) is 3.61. The zero-order chi connectivity index (χ0) is 13.7. The molecule has 3 N–H and O–H groups in total. The highest BCUT2D eigenvalue weighted by Crippen LogP contribution is 2.33. The van der Waals surface area contributed by atoms with Crippen LogP contribution in [0.4, 0.5) is 5.69 Å². The Morgan fingerprint density at radius 2 is 1.94 bits per heavy atom. The third-order valence-corrected chi connectivity index (χ3v) is 3.68. The maximum absolute atomic E-state index is 11.8. The van der Waals surface area contributed by atoms with E-state index in [1.807, 2.05) is 6.26 Å². The monoisotopic (exact) mass is 326 g/mol. The smallest absolute Gasteiger partial charge is 0.241 e. The van der Waals surface area contributed by atoms with Crippen molar-refractivity contribution in [2.45, 2.75) is 12.5 Å². The Morgan fingerprint density at radius 3 is 2.44 bits per heavy atom. The number of nitrogens with one attached hydrogen (secondary N) is 1. The Balaban J connectivity index is 2.76. The molecule has 0 unspecified atom stereocenters. The number of nitrogens with two attached hydrogens (primary N) is 1. The van der Waals surface area contributed by atoms with E-state index in [1.54, 1.807) is 11.8 Å². The van der Waals surface area contributed by atoms with Crippen LogP contribution in [0.2, 0.25) is 15.1 Å². The molecule has 0 heterocycles. The normalized spacial score (nSPS) is 12.3. The predicted octanol–water partition coefficient (Wildman–Crippen LogP) is 3.67. The van der Waals surface area contributed by atoms with Gasteiger partial charge in [-0.3, -0.25) is 4.79 Å². The number of carbonyl (C=O) groups is 1. The molecule has 0 bridgehead atoms. The molecule has 0 spiro atoms. The van der Waals surface area contributed by atoms with Gasteiger partial charge in [-0.25, -0.2) is 0 Å². The third kappa shape index (κ3) is 4.52. The summed E-state index contributed by atoms with van der Waals surface area (Å²) in [4.78, 5) is 11.8. The first-order valence-corrected chi connectivity index (χ1v) is 7.68. The highest BCUT2D eigenvalue weighted by molar-refractivity contribution is 7.98. The number of anilines is 1. The van der Waals surface area contributed by atoms with Gasteiger partial charge in [0.1, 0.15) is 0 Å². The van der Waals surface area contributed by atoms with Crippen LogP contribution in [0.5, 0.6) is 0 Å². The maximum Gasteiger partial charge on any atom is 0.241 e. The Bertz CT molecular complexity index is 419. The standard InChI is InChI=1S/C11H13Cl3N2OS/c1-18-3-2-9(15)11(17)16-10-7(13)4-6(12)5-8(10)14/h4-5,9H,2-3,15H2,1H3,(H,16,17)/t9-/m1/s1. The first-order chi connectivity index (χ1) is 8.45. The van der Waals surface area contributed by atoms with Gasteiger partial charge >= 0.3 is 0 Å². The lowest BCUT2D eigenvalue weighted by atomic mass is 10.2. The molecule has 3 nitrogen and oxygen atoms in total. The van der Waals surface area contributed by atoms with E-state index in [-0.39, 0.29) is 16.0 Å². The summed E-state index contributed by atoms with van der Waals surface area (Å²) in [5.74, 6) is 0.506. The van der Waals surface area contributed by atoms with Crippen molar-refractivity contribution in [1.82, 2.24) is 0 Å². The van der Waals surface area contributed by atoms with E-state index < -0.39 is 6.04 Å². The Kier molecular flexibility index (Phi) is 6.60. The quantitative estimate of drug-likeness (QED) is 0.867. The molecule has 7 heteroatoms. The second-order valence-electron chi connectivity index (χ2n) is 3.62. The number of hydrogen-bond donors (Lipinski definition) is 2. The molecular weight excluding hydrogens is 315 g/mol. The molecule has 1 amide bonds. The first-order valence-electron chi connectivity index (χ1n) is 5.15. The zero-order valence-electron chi connectivity index (χ0n) is 9.67. The number of thioether (sulfide) groups is 1. The summed E-state index contributed by atoms with van der Waals surface area (Å²) in [5.41, 5.74) is 6.08. The number of hydrogen-bond acceptors (Lipinski definition) is 3. The molecule has 1 atom stereocenters. The van der Waals surface area contributed by atoms with Crippen LogP contribution in [0, 0.1) is 0 Å². The van der Waals surface area contributed by atoms with E-state index in [9.17, 15) is 4.79 Å². The molecule has 1 aromatic carbocycles. The molecule has 1 rings (SSSR count). The summed E-state index contributed by atoms with van der Waals surface area (Å²) in [6.45, 7) is 0. The summed E-state index contributed by atoms with van der Waals surface area (Å²) < 4.78 is 0.